The number of aromatic nitrogens is 4. The summed E-state index contributed by atoms with van der Waals surface area (Å²) < 4.78 is 2.20. The zero-order chi connectivity index (χ0) is 15.4. The lowest BCUT2D eigenvalue weighted by Gasteiger charge is -2.35. The van der Waals surface area contributed by atoms with E-state index in [0.717, 1.165) is 11.2 Å². The highest BCUT2D eigenvalue weighted by molar-refractivity contribution is 5.93. The molecule has 5 heteroatoms. The van der Waals surface area contributed by atoms with Gasteiger partial charge in [-0.15, -0.1) is 0 Å². The maximum Gasteiger partial charge on any atom is 0.0830 e. The number of fused-ring (bicyclic) bond motifs is 1. The van der Waals surface area contributed by atoms with Gasteiger partial charge in [-0.25, -0.2) is 0 Å². The minimum absolute atomic E-state index is 0.532. The number of hydrogen-bond donors (Lipinski definition) is 2. The van der Waals surface area contributed by atoms with E-state index in [9.17, 15) is 0 Å². The molecule has 118 valence electrons. The van der Waals surface area contributed by atoms with E-state index in [0.29, 0.717) is 18.0 Å². The molecule has 2 aliphatic carbocycles. The Morgan fingerprint density at radius 1 is 1.26 bits per heavy atom. The zero-order valence-electron chi connectivity index (χ0n) is 13.3. The maximum atomic E-state index is 4.97. The SMILES string of the molecule is CNC1CC(n2cc(-c3nccc4[nH]ccc34)c(C3CC3)n2)C1. The molecule has 2 N–H and O–H groups in total. The molecule has 0 aromatic carbocycles. The van der Waals surface area contributed by atoms with Crippen molar-refractivity contribution < 1.29 is 0 Å². The third kappa shape index (κ3) is 2.10. The van der Waals surface area contributed by atoms with Gasteiger partial charge < -0.3 is 10.3 Å². The van der Waals surface area contributed by atoms with Crippen LogP contribution in [0.15, 0.2) is 30.7 Å². The van der Waals surface area contributed by atoms with Crippen molar-refractivity contribution in [3.05, 3.63) is 36.4 Å². The van der Waals surface area contributed by atoms with Crippen molar-refractivity contribution in [2.45, 2.75) is 43.7 Å². The number of rotatable bonds is 4. The molecule has 0 radical (unpaired) electrons. The van der Waals surface area contributed by atoms with E-state index in [4.69, 9.17) is 5.10 Å². The highest BCUT2D eigenvalue weighted by Gasteiger charge is 2.34. The van der Waals surface area contributed by atoms with E-state index in [1.54, 1.807) is 0 Å². The van der Waals surface area contributed by atoms with Gasteiger partial charge in [-0.2, -0.15) is 5.10 Å². The van der Waals surface area contributed by atoms with Crippen molar-refractivity contribution in [1.82, 2.24) is 25.1 Å². The Morgan fingerprint density at radius 3 is 2.91 bits per heavy atom. The molecule has 0 atom stereocenters. The first kappa shape index (κ1) is 13.3. The fraction of sp³-hybridized carbons (Fsp3) is 0.444. The first-order valence-corrected chi connectivity index (χ1v) is 8.52. The second kappa shape index (κ2) is 4.93. The van der Waals surface area contributed by atoms with Crippen LogP contribution >= 0.6 is 0 Å². The van der Waals surface area contributed by atoms with Crippen LogP contribution in [0, 0.1) is 0 Å². The topological polar surface area (TPSA) is 58.5 Å². The largest absolute Gasteiger partial charge is 0.361 e. The fourth-order valence-electron chi connectivity index (χ4n) is 3.67. The lowest BCUT2D eigenvalue weighted by molar-refractivity contribution is 0.219. The Balaban J connectivity index is 1.59. The molecular weight excluding hydrogens is 286 g/mol. The van der Waals surface area contributed by atoms with E-state index in [-0.39, 0.29) is 0 Å². The van der Waals surface area contributed by atoms with Crippen LogP contribution in [0.3, 0.4) is 0 Å². The Kier molecular flexibility index (Phi) is 2.85. The highest BCUT2D eigenvalue weighted by Crippen LogP contribution is 2.45. The van der Waals surface area contributed by atoms with Gasteiger partial charge >= 0.3 is 0 Å². The van der Waals surface area contributed by atoms with Crippen molar-refractivity contribution in [3.63, 3.8) is 0 Å². The van der Waals surface area contributed by atoms with Gasteiger partial charge in [0.05, 0.1) is 17.4 Å². The standard InChI is InChI=1S/C18H21N5/c1-19-12-8-13(9-12)23-10-15(17(22-23)11-2-3-11)18-14-4-6-20-16(14)5-7-21-18/h4-7,10-13,19-20H,2-3,8-9H2,1H3. The zero-order valence-corrected chi connectivity index (χ0v) is 13.3. The fourth-order valence-corrected chi connectivity index (χ4v) is 3.67. The highest BCUT2D eigenvalue weighted by atomic mass is 15.3. The Morgan fingerprint density at radius 2 is 2.13 bits per heavy atom. The third-order valence-corrected chi connectivity index (χ3v) is 5.35. The normalized spacial score (nSPS) is 24.0. The molecule has 0 spiro atoms. The van der Waals surface area contributed by atoms with Crippen molar-refractivity contribution in [1.29, 1.82) is 0 Å². The molecule has 2 aliphatic rings. The Bertz CT molecular complexity index is 851. The molecule has 5 nitrogen and oxygen atoms in total. The molecule has 2 fully saturated rings. The van der Waals surface area contributed by atoms with Crippen molar-refractivity contribution in [2.24, 2.45) is 0 Å². The van der Waals surface area contributed by atoms with Gasteiger partial charge in [-0.05, 0) is 44.9 Å². The predicted molar refractivity (Wildman–Crippen MR) is 90.4 cm³/mol. The van der Waals surface area contributed by atoms with Crippen LogP contribution in [0.25, 0.3) is 22.2 Å². The molecule has 0 aliphatic heterocycles. The maximum absolute atomic E-state index is 4.97. The number of hydrogen-bond acceptors (Lipinski definition) is 3. The molecule has 2 saturated carbocycles. The van der Waals surface area contributed by atoms with E-state index in [2.05, 4.69) is 32.2 Å². The lowest BCUT2D eigenvalue weighted by atomic mass is 9.87. The summed E-state index contributed by atoms with van der Waals surface area (Å²) in [5.74, 6) is 0.627. The van der Waals surface area contributed by atoms with Crippen LogP contribution in [0.2, 0.25) is 0 Å². The molecule has 0 saturated heterocycles. The average molecular weight is 307 g/mol. The van der Waals surface area contributed by atoms with Gasteiger partial charge in [-0.3, -0.25) is 9.67 Å². The van der Waals surface area contributed by atoms with Gasteiger partial charge in [0.2, 0.25) is 0 Å². The minimum Gasteiger partial charge on any atom is -0.361 e. The van der Waals surface area contributed by atoms with Crippen LogP contribution < -0.4 is 5.32 Å². The monoisotopic (exact) mass is 307 g/mol. The van der Waals surface area contributed by atoms with E-state index >= 15 is 0 Å². The minimum atomic E-state index is 0.532. The Labute approximate surface area is 135 Å². The molecule has 5 rings (SSSR count). The van der Waals surface area contributed by atoms with Crippen LogP contribution in [0.1, 0.15) is 43.3 Å². The number of H-pyrrole nitrogens is 1. The number of nitrogens with zero attached hydrogens (tertiary/aromatic N) is 3. The predicted octanol–water partition coefficient (Wildman–Crippen LogP) is 3.23. The van der Waals surface area contributed by atoms with Crippen molar-refractivity contribution in [2.75, 3.05) is 7.05 Å². The van der Waals surface area contributed by atoms with Crippen molar-refractivity contribution >= 4 is 10.9 Å². The molecule has 23 heavy (non-hydrogen) atoms. The van der Waals surface area contributed by atoms with E-state index in [1.165, 1.54) is 42.3 Å². The van der Waals surface area contributed by atoms with Crippen LogP contribution in [-0.4, -0.2) is 32.8 Å². The second-order valence-electron chi connectivity index (χ2n) is 6.89. The molecule has 3 heterocycles. The third-order valence-electron chi connectivity index (χ3n) is 5.35. The molecule has 3 aromatic heterocycles. The summed E-state index contributed by atoms with van der Waals surface area (Å²) in [6, 6.07) is 5.32. The lowest BCUT2D eigenvalue weighted by Crippen LogP contribution is -2.40. The molecular formula is C18H21N5. The summed E-state index contributed by atoms with van der Waals surface area (Å²) in [7, 11) is 2.04. The number of aromatic amines is 1. The summed E-state index contributed by atoms with van der Waals surface area (Å²) in [6.07, 6.45) is 11.0. The van der Waals surface area contributed by atoms with E-state index in [1.807, 2.05) is 25.5 Å². The van der Waals surface area contributed by atoms with Gasteiger partial charge in [-0.1, -0.05) is 0 Å². The quantitative estimate of drug-likeness (QED) is 0.778. The summed E-state index contributed by atoms with van der Waals surface area (Å²) in [6.45, 7) is 0. The summed E-state index contributed by atoms with van der Waals surface area (Å²) >= 11 is 0. The smallest absolute Gasteiger partial charge is 0.0830 e. The number of pyridine rings is 1. The van der Waals surface area contributed by atoms with Crippen molar-refractivity contribution in [3.8, 4) is 11.3 Å². The van der Waals surface area contributed by atoms with Gasteiger partial charge in [0.25, 0.3) is 0 Å². The van der Waals surface area contributed by atoms with Crippen LogP contribution in [0.5, 0.6) is 0 Å². The van der Waals surface area contributed by atoms with E-state index < -0.39 is 0 Å². The Hall–Kier alpha value is -2.14. The first-order valence-electron chi connectivity index (χ1n) is 8.52. The van der Waals surface area contributed by atoms with Gasteiger partial charge in [0, 0.05) is 47.0 Å². The first-order chi connectivity index (χ1) is 11.3. The second-order valence-corrected chi connectivity index (χ2v) is 6.89. The molecule has 0 bridgehead atoms. The molecule has 3 aromatic rings. The number of nitrogens with one attached hydrogen (secondary N) is 2. The van der Waals surface area contributed by atoms with Crippen LogP contribution in [0.4, 0.5) is 0 Å². The summed E-state index contributed by atoms with van der Waals surface area (Å²) in [4.78, 5) is 7.97. The van der Waals surface area contributed by atoms with Crippen LogP contribution in [-0.2, 0) is 0 Å². The summed E-state index contributed by atoms with van der Waals surface area (Å²) in [5.41, 5.74) is 4.69. The molecule has 0 unspecified atom stereocenters. The average Bonchev–Trinajstić information content (AvgIpc) is 3.09. The molecule has 0 amide bonds. The summed E-state index contributed by atoms with van der Waals surface area (Å²) in [5, 5.41) is 9.51. The van der Waals surface area contributed by atoms with Gasteiger partial charge in [0.1, 0.15) is 0 Å². The van der Waals surface area contributed by atoms with Gasteiger partial charge in [0.15, 0.2) is 0 Å².